The van der Waals surface area contributed by atoms with Crippen LogP contribution >= 0.6 is 0 Å². The Morgan fingerprint density at radius 3 is 3.15 bits per heavy atom. The average molecular weight is 176 g/mol. The summed E-state index contributed by atoms with van der Waals surface area (Å²) < 4.78 is 0. The van der Waals surface area contributed by atoms with Crippen molar-refractivity contribution in [2.75, 3.05) is 0 Å². The second-order valence-electron chi connectivity index (χ2n) is 4.88. The molecular weight excluding hydrogens is 160 g/mol. The minimum absolute atomic E-state index is 0.514. The summed E-state index contributed by atoms with van der Waals surface area (Å²) in [4.78, 5) is 11.3. The first-order chi connectivity index (χ1) is 6.34. The Bertz CT molecular complexity index is 277. The number of fused-ring (bicyclic) bond motifs is 3. The number of hydrogen-bond acceptors (Lipinski definition) is 1. The molecule has 0 N–H and O–H groups in total. The molecular formula is C12H16O. The predicted octanol–water partition coefficient (Wildman–Crippen LogP) is 2.71. The van der Waals surface area contributed by atoms with Crippen LogP contribution in [0.1, 0.15) is 38.5 Å². The quantitative estimate of drug-likeness (QED) is 0.519. The first kappa shape index (κ1) is 7.78. The lowest BCUT2D eigenvalue weighted by Gasteiger charge is -2.19. The molecule has 0 unspecified atom stereocenters. The highest BCUT2D eigenvalue weighted by Gasteiger charge is 2.44. The molecule has 13 heavy (non-hydrogen) atoms. The zero-order valence-corrected chi connectivity index (χ0v) is 7.96. The third-order valence-corrected chi connectivity index (χ3v) is 4.13. The van der Waals surface area contributed by atoms with E-state index >= 15 is 0 Å². The lowest BCUT2D eigenvalue weighted by molar-refractivity contribution is -0.117. The topological polar surface area (TPSA) is 17.1 Å². The van der Waals surface area contributed by atoms with Crippen molar-refractivity contribution in [1.29, 1.82) is 0 Å². The standard InChI is InChI=1S/C12H16O/c13-10-6-9-5-8-3-1-2-4-11(8)12(9)7-10/h4,8-9,12H,1-3,5-7H2/t8-,9+,12-/m0/s1. The van der Waals surface area contributed by atoms with E-state index in [4.69, 9.17) is 0 Å². The van der Waals surface area contributed by atoms with Gasteiger partial charge in [0.05, 0.1) is 0 Å². The molecule has 70 valence electrons. The summed E-state index contributed by atoms with van der Waals surface area (Å²) in [5.74, 6) is 2.80. The Hall–Kier alpha value is -0.590. The number of ketones is 1. The Balaban J connectivity index is 1.90. The second-order valence-corrected chi connectivity index (χ2v) is 4.88. The summed E-state index contributed by atoms with van der Waals surface area (Å²) in [6.07, 6.45) is 9.56. The Morgan fingerprint density at radius 2 is 2.23 bits per heavy atom. The third kappa shape index (κ3) is 1.09. The zero-order chi connectivity index (χ0) is 8.84. The van der Waals surface area contributed by atoms with Crippen molar-refractivity contribution in [2.24, 2.45) is 17.8 Å². The van der Waals surface area contributed by atoms with Gasteiger partial charge in [0.1, 0.15) is 5.78 Å². The van der Waals surface area contributed by atoms with Gasteiger partial charge in [0.2, 0.25) is 0 Å². The van der Waals surface area contributed by atoms with Gasteiger partial charge in [-0.2, -0.15) is 0 Å². The summed E-state index contributed by atoms with van der Waals surface area (Å²) in [5.41, 5.74) is 1.67. The molecule has 2 fully saturated rings. The maximum absolute atomic E-state index is 11.3. The van der Waals surface area contributed by atoms with Gasteiger partial charge in [0.15, 0.2) is 0 Å². The third-order valence-electron chi connectivity index (χ3n) is 4.13. The zero-order valence-electron chi connectivity index (χ0n) is 7.96. The van der Waals surface area contributed by atoms with Gasteiger partial charge in [-0.1, -0.05) is 11.6 Å². The van der Waals surface area contributed by atoms with E-state index in [-0.39, 0.29) is 0 Å². The molecule has 0 bridgehead atoms. The van der Waals surface area contributed by atoms with Crippen LogP contribution in [0, 0.1) is 17.8 Å². The van der Waals surface area contributed by atoms with Gasteiger partial charge < -0.3 is 0 Å². The van der Waals surface area contributed by atoms with Crippen LogP contribution < -0.4 is 0 Å². The smallest absolute Gasteiger partial charge is 0.133 e. The molecule has 0 saturated heterocycles. The molecule has 0 aromatic carbocycles. The van der Waals surface area contributed by atoms with E-state index in [0.29, 0.717) is 11.7 Å². The van der Waals surface area contributed by atoms with E-state index in [1.54, 1.807) is 5.57 Å². The van der Waals surface area contributed by atoms with Gasteiger partial charge in [-0.05, 0) is 43.4 Å². The summed E-state index contributed by atoms with van der Waals surface area (Å²) in [6.45, 7) is 0. The minimum Gasteiger partial charge on any atom is -0.300 e. The molecule has 1 heteroatoms. The van der Waals surface area contributed by atoms with E-state index in [9.17, 15) is 4.79 Å². The molecule has 2 saturated carbocycles. The number of Topliss-reactive ketones (excluding diaryl/α,β-unsaturated/α-hetero) is 1. The van der Waals surface area contributed by atoms with Gasteiger partial charge in [0, 0.05) is 12.8 Å². The molecule has 3 aliphatic carbocycles. The average Bonchev–Trinajstić information content (AvgIpc) is 2.60. The molecule has 0 aromatic heterocycles. The summed E-state index contributed by atoms with van der Waals surface area (Å²) >= 11 is 0. The van der Waals surface area contributed by atoms with Crippen molar-refractivity contribution in [3.05, 3.63) is 11.6 Å². The largest absolute Gasteiger partial charge is 0.300 e. The Morgan fingerprint density at radius 1 is 1.31 bits per heavy atom. The molecule has 0 amide bonds. The maximum Gasteiger partial charge on any atom is 0.133 e. The number of carbonyl (C=O) groups is 1. The number of rotatable bonds is 0. The molecule has 0 heterocycles. The molecule has 0 spiro atoms. The molecule has 3 aliphatic rings. The first-order valence-corrected chi connectivity index (χ1v) is 5.56. The van der Waals surface area contributed by atoms with Crippen LogP contribution in [-0.4, -0.2) is 5.78 Å². The molecule has 3 atom stereocenters. The van der Waals surface area contributed by atoms with Crippen molar-refractivity contribution in [3.63, 3.8) is 0 Å². The molecule has 0 radical (unpaired) electrons. The monoisotopic (exact) mass is 176 g/mol. The van der Waals surface area contributed by atoms with Gasteiger partial charge in [-0.15, -0.1) is 0 Å². The van der Waals surface area contributed by atoms with Crippen LogP contribution in [0.3, 0.4) is 0 Å². The molecule has 3 rings (SSSR count). The highest BCUT2D eigenvalue weighted by molar-refractivity contribution is 5.82. The number of carbonyl (C=O) groups excluding carboxylic acids is 1. The molecule has 0 aliphatic heterocycles. The minimum atomic E-state index is 0.514. The number of hydrogen-bond donors (Lipinski definition) is 0. The van der Waals surface area contributed by atoms with Crippen LogP contribution in [0.2, 0.25) is 0 Å². The van der Waals surface area contributed by atoms with Crippen molar-refractivity contribution < 1.29 is 4.79 Å². The van der Waals surface area contributed by atoms with Gasteiger partial charge >= 0.3 is 0 Å². The summed E-state index contributed by atoms with van der Waals surface area (Å²) in [7, 11) is 0. The van der Waals surface area contributed by atoms with Crippen molar-refractivity contribution in [1.82, 2.24) is 0 Å². The van der Waals surface area contributed by atoms with E-state index < -0.39 is 0 Å². The fourth-order valence-electron chi connectivity index (χ4n) is 3.61. The Kier molecular flexibility index (Phi) is 1.61. The van der Waals surface area contributed by atoms with Crippen LogP contribution in [0.15, 0.2) is 11.6 Å². The highest BCUT2D eigenvalue weighted by Crippen LogP contribution is 2.52. The van der Waals surface area contributed by atoms with Crippen molar-refractivity contribution >= 4 is 5.78 Å². The first-order valence-electron chi connectivity index (χ1n) is 5.56. The van der Waals surface area contributed by atoms with E-state index in [1.807, 2.05) is 0 Å². The summed E-state index contributed by atoms with van der Waals surface area (Å²) in [6, 6.07) is 0. The molecule has 0 aromatic rings. The van der Waals surface area contributed by atoms with E-state index in [2.05, 4.69) is 6.08 Å². The van der Waals surface area contributed by atoms with Crippen molar-refractivity contribution in [2.45, 2.75) is 38.5 Å². The van der Waals surface area contributed by atoms with E-state index in [1.165, 1.54) is 25.7 Å². The van der Waals surface area contributed by atoms with Gasteiger partial charge in [-0.3, -0.25) is 4.79 Å². The summed E-state index contributed by atoms with van der Waals surface area (Å²) in [5, 5.41) is 0. The highest BCUT2D eigenvalue weighted by atomic mass is 16.1. The predicted molar refractivity (Wildman–Crippen MR) is 51.3 cm³/mol. The Labute approximate surface area is 79.2 Å². The SMILES string of the molecule is O=C1C[C@H]2C[C@@H]3CCCC=C3[C@H]2C1. The number of allylic oxidation sites excluding steroid dienone is 2. The van der Waals surface area contributed by atoms with Crippen LogP contribution in [-0.2, 0) is 4.79 Å². The maximum atomic E-state index is 11.3. The normalized spacial score (nSPS) is 42.9. The fraction of sp³-hybridized carbons (Fsp3) is 0.750. The second kappa shape index (κ2) is 2.70. The van der Waals surface area contributed by atoms with Gasteiger partial charge in [-0.25, -0.2) is 0 Å². The lowest BCUT2D eigenvalue weighted by Crippen LogP contribution is -2.07. The van der Waals surface area contributed by atoms with Crippen LogP contribution in [0.25, 0.3) is 0 Å². The fourth-order valence-corrected chi connectivity index (χ4v) is 3.61. The van der Waals surface area contributed by atoms with Crippen LogP contribution in [0.4, 0.5) is 0 Å². The van der Waals surface area contributed by atoms with E-state index in [0.717, 1.165) is 24.7 Å². The van der Waals surface area contributed by atoms with Crippen LogP contribution in [0.5, 0.6) is 0 Å². The van der Waals surface area contributed by atoms with Crippen molar-refractivity contribution in [3.8, 4) is 0 Å². The lowest BCUT2D eigenvalue weighted by atomic mass is 9.86. The molecule has 1 nitrogen and oxygen atoms in total. The van der Waals surface area contributed by atoms with Gasteiger partial charge in [0.25, 0.3) is 0 Å².